The second-order valence-corrected chi connectivity index (χ2v) is 7.00. The molecule has 0 aliphatic heterocycles. The van der Waals surface area contributed by atoms with Crippen molar-refractivity contribution in [1.29, 1.82) is 0 Å². The molecule has 1 saturated carbocycles. The van der Waals surface area contributed by atoms with Gasteiger partial charge in [-0.2, -0.15) is 28.2 Å². The predicted octanol–water partition coefficient (Wildman–Crippen LogP) is 2.98. The zero-order valence-electron chi connectivity index (χ0n) is 16.0. The van der Waals surface area contributed by atoms with Gasteiger partial charge in [0.1, 0.15) is 22.9 Å². The van der Waals surface area contributed by atoms with Crippen molar-refractivity contribution < 1.29 is 22.4 Å². The number of rotatable bonds is 5. The second-order valence-electron chi connectivity index (χ2n) is 7.00. The maximum atomic E-state index is 14.5. The number of hydrogen-bond acceptors (Lipinski definition) is 6. The zero-order valence-corrected chi connectivity index (χ0v) is 16.0. The summed E-state index contributed by atoms with van der Waals surface area (Å²) < 4.78 is 52.4. The molecule has 2 heterocycles. The summed E-state index contributed by atoms with van der Waals surface area (Å²) in [5.74, 6) is -1.20. The van der Waals surface area contributed by atoms with Crippen molar-refractivity contribution >= 4 is 11.7 Å². The van der Waals surface area contributed by atoms with Crippen molar-refractivity contribution in [2.24, 2.45) is 0 Å². The molecule has 1 fully saturated rings. The number of carbonyl (C=O) groups excluding carboxylic acids is 1. The first-order valence-corrected chi connectivity index (χ1v) is 9.45. The molecule has 162 valence electrons. The molecule has 1 aliphatic carbocycles. The van der Waals surface area contributed by atoms with Crippen LogP contribution < -0.4 is 10.6 Å². The van der Waals surface area contributed by atoms with Crippen molar-refractivity contribution in [3.05, 3.63) is 60.1 Å². The SMILES string of the molecule is O=C(NC1CCC[C@@H]1Nc1cnc(C(F)(F)F)cn1)c1c(F)cccc1-n1nccn1. The van der Waals surface area contributed by atoms with Crippen molar-refractivity contribution in [1.82, 2.24) is 30.3 Å². The van der Waals surface area contributed by atoms with Crippen molar-refractivity contribution in [2.75, 3.05) is 5.32 Å². The van der Waals surface area contributed by atoms with Crippen molar-refractivity contribution in [2.45, 2.75) is 37.5 Å². The number of amides is 1. The summed E-state index contributed by atoms with van der Waals surface area (Å²) in [4.78, 5) is 21.2. The lowest BCUT2D eigenvalue weighted by Crippen LogP contribution is -2.44. The van der Waals surface area contributed by atoms with E-state index in [1.54, 1.807) is 0 Å². The number of nitrogens with one attached hydrogen (secondary N) is 2. The van der Waals surface area contributed by atoms with Crippen LogP contribution in [0.25, 0.3) is 5.69 Å². The maximum Gasteiger partial charge on any atom is 0.434 e. The lowest BCUT2D eigenvalue weighted by Gasteiger charge is -2.23. The molecule has 1 aromatic carbocycles. The van der Waals surface area contributed by atoms with Crippen LogP contribution in [0.5, 0.6) is 0 Å². The Hall–Kier alpha value is -3.57. The molecule has 2 aromatic heterocycles. The first-order valence-electron chi connectivity index (χ1n) is 9.45. The van der Waals surface area contributed by atoms with E-state index in [1.807, 2.05) is 0 Å². The van der Waals surface area contributed by atoms with Crippen molar-refractivity contribution in [3.63, 3.8) is 0 Å². The summed E-state index contributed by atoms with van der Waals surface area (Å²) in [6.07, 6.45) is 1.92. The molecule has 1 amide bonds. The van der Waals surface area contributed by atoms with E-state index in [0.717, 1.165) is 17.4 Å². The summed E-state index contributed by atoms with van der Waals surface area (Å²) in [5.41, 5.74) is -1.09. The first kappa shape index (κ1) is 20.7. The van der Waals surface area contributed by atoms with Gasteiger partial charge in [-0.3, -0.25) is 4.79 Å². The van der Waals surface area contributed by atoms with Crippen LogP contribution in [0.1, 0.15) is 35.3 Å². The van der Waals surface area contributed by atoms with Crippen LogP contribution in [-0.2, 0) is 6.18 Å². The molecular formula is C19H17F4N7O. The number of carbonyl (C=O) groups is 1. The second kappa shape index (κ2) is 8.28. The third-order valence-electron chi connectivity index (χ3n) is 4.96. The van der Waals surface area contributed by atoms with Crippen LogP contribution in [-0.4, -0.2) is 43.0 Å². The molecule has 2 N–H and O–H groups in total. The summed E-state index contributed by atoms with van der Waals surface area (Å²) in [7, 11) is 0. The smallest absolute Gasteiger partial charge is 0.364 e. The van der Waals surface area contributed by atoms with E-state index >= 15 is 0 Å². The van der Waals surface area contributed by atoms with Crippen LogP contribution in [0.15, 0.2) is 43.0 Å². The van der Waals surface area contributed by atoms with E-state index in [0.29, 0.717) is 19.0 Å². The first-order chi connectivity index (χ1) is 14.8. The van der Waals surface area contributed by atoms with E-state index in [-0.39, 0.29) is 29.2 Å². The minimum Gasteiger partial charge on any atom is -0.364 e. The summed E-state index contributed by atoms with van der Waals surface area (Å²) in [5, 5.41) is 13.7. The number of anilines is 1. The molecule has 0 saturated heterocycles. The topological polar surface area (TPSA) is 97.6 Å². The fourth-order valence-corrected chi connectivity index (χ4v) is 3.53. The predicted molar refractivity (Wildman–Crippen MR) is 101 cm³/mol. The summed E-state index contributed by atoms with van der Waals surface area (Å²) >= 11 is 0. The van der Waals surface area contributed by atoms with Crippen LogP contribution in [0, 0.1) is 5.82 Å². The Morgan fingerprint density at radius 3 is 2.48 bits per heavy atom. The summed E-state index contributed by atoms with van der Waals surface area (Å²) in [6.45, 7) is 0. The standard InChI is InChI=1S/C19H17F4N7O/c20-11-3-1-6-14(30-26-7-8-27-30)17(11)18(31)29-13-5-2-4-12(13)28-16-10-24-15(9-25-16)19(21,22)23/h1,3,6-10,12-13H,2,4-5H2,(H,25,28)(H,29,31)/t12-,13?/m0/s1. The Morgan fingerprint density at radius 1 is 1.06 bits per heavy atom. The van der Waals surface area contributed by atoms with Gasteiger partial charge < -0.3 is 10.6 Å². The lowest BCUT2D eigenvalue weighted by atomic mass is 10.1. The van der Waals surface area contributed by atoms with Crippen LogP contribution in [0.4, 0.5) is 23.4 Å². The zero-order chi connectivity index (χ0) is 22.0. The molecule has 1 unspecified atom stereocenters. The van der Waals surface area contributed by atoms with Gasteiger partial charge >= 0.3 is 6.18 Å². The molecule has 4 rings (SSSR count). The maximum absolute atomic E-state index is 14.5. The molecule has 0 radical (unpaired) electrons. The van der Waals surface area contributed by atoms with E-state index in [2.05, 4.69) is 30.8 Å². The third-order valence-corrected chi connectivity index (χ3v) is 4.96. The number of alkyl halides is 3. The van der Waals surface area contributed by atoms with Gasteiger partial charge in [-0.05, 0) is 31.4 Å². The number of benzene rings is 1. The minimum atomic E-state index is -4.57. The Balaban J connectivity index is 1.49. The Morgan fingerprint density at radius 2 is 1.81 bits per heavy atom. The van der Waals surface area contributed by atoms with Gasteiger partial charge in [0.25, 0.3) is 5.91 Å². The molecule has 31 heavy (non-hydrogen) atoms. The van der Waals surface area contributed by atoms with Gasteiger partial charge in [0, 0.05) is 12.1 Å². The largest absolute Gasteiger partial charge is 0.434 e. The van der Waals surface area contributed by atoms with Gasteiger partial charge in [-0.15, -0.1) is 0 Å². The molecule has 0 spiro atoms. The van der Waals surface area contributed by atoms with E-state index in [1.165, 1.54) is 30.6 Å². The van der Waals surface area contributed by atoms with E-state index in [9.17, 15) is 22.4 Å². The van der Waals surface area contributed by atoms with E-state index < -0.39 is 23.6 Å². The fraction of sp³-hybridized carbons (Fsp3) is 0.316. The lowest BCUT2D eigenvalue weighted by molar-refractivity contribution is -0.141. The van der Waals surface area contributed by atoms with Gasteiger partial charge in [0.15, 0.2) is 5.69 Å². The Bertz CT molecular complexity index is 1050. The monoisotopic (exact) mass is 435 g/mol. The molecular weight excluding hydrogens is 418 g/mol. The molecule has 12 heteroatoms. The van der Waals surface area contributed by atoms with Gasteiger partial charge in [0.05, 0.1) is 24.8 Å². The molecule has 8 nitrogen and oxygen atoms in total. The molecule has 0 bridgehead atoms. The average molecular weight is 435 g/mol. The summed E-state index contributed by atoms with van der Waals surface area (Å²) in [6, 6.07) is 3.47. The normalized spacial score (nSPS) is 18.7. The molecule has 2 atom stereocenters. The average Bonchev–Trinajstić information content (AvgIpc) is 3.40. The highest BCUT2D eigenvalue weighted by Gasteiger charge is 2.34. The van der Waals surface area contributed by atoms with Crippen LogP contribution in [0.3, 0.4) is 0 Å². The van der Waals surface area contributed by atoms with Crippen LogP contribution in [0.2, 0.25) is 0 Å². The number of halogens is 4. The highest BCUT2D eigenvalue weighted by Crippen LogP contribution is 2.28. The third kappa shape index (κ3) is 4.47. The minimum absolute atomic E-state index is 0.159. The van der Waals surface area contributed by atoms with Gasteiger partial charge in [-0.1, -0.05) is 6.07 Å². The van der Waals surface area contributed by atoms with Crippen LogP contribution >= 0.6 is 0 Å². The molecule has 1 aliphatic rings. The number of aromatic nitrogens is 5. The van der Waals surface area contributed by atoms with Gasteiger partial charge in [0.2, 0.25) is 0 Å². The van der Waals surface area contributed by atoms with E-state index in [4.69, 9.17) is 0 Å². The van der Waals surface area contributed by atoms with Gasteiger partial charge in [-0.25, -0.2) is 14.4 Å². The highest BCUT2D eigenvalue weighted by molar-refractivity contribution is 5.98. The highest BCUT2D eigenvalue weighted by atomic mass is 19.4. The Kier molecular flexibility index (Phi) is 5.53. The number of hydrogen-bond donors (Lipinski definition) is 2. The quantitative estimate of drug-likeness (QED) is 0.598. The molecule has 3 aromatic rings. The number of nitrogens with zero attached hydrogens (tertiary/aromatic N) is 5. The fourth-order valence-electron chi connectivity index (χ4n) is 3.53. The van der Waals surface area contributed by atoms with Crippen molar-refractivity contribution in [3.8, 4) is 5.69 Å². The Labute approximate surface area is 173 Å².